The molecule has 3 rings (SSSR count). The van der Waals surface area contributed by atoms with E-state index >= 15 is 0 Å². The molecule has 134 valence electrons. The Kier molecular flexibility index (Phi) is 5.53. The third-order valence-electron chi connectivity index (χ3n) is 4.75. The first-order valence-electron chi connectivity index (χ1n) is 9.04. The van der Waals surface area contributed by atoms with Crippen LogP contribution in [-0.4, -0.2) is 46.8 Å². The first-order chi connectivity index (χ1) is 12.0. The van der Waals surface area contributed by atoms with Crippen molar-refractivity contribution in [2.75, 3.05) is 19.7 Å². The van der Waals surface area contributed by atoms with Gasteiger partial charge >= 0.3 is 0 Å². The van der Waals surface area contributed by atoms with E-state index in [1.165, 1.54) is 11.1 Å². The quantitative estimate of drug-likeness (QED) is 0.905. The zero-order valence-electron chi connectivity index (χ0n) is 15.3. The summed E-state index contributed by atoms with van der Waals surface area (Å²) in [6.07, 6.45) is 4.04. The normalized spacial score (nSPS) is 17.9. The first kappa shape index (κ1) is 17.7. The van der Waals surface area contributed by atoms with Gasteiger partial charge in [0.15, 0.2) is 0 Å². The van der Waals surface area contributed by atoms with Gasteiger partial charge in [0, 0.05) is 30.3 Å². The van der Waals surface area contributed by atoms with Gasteiger partial charge in [-0.2, -0.15) is 5.10 Å². The SMILES string of the molecule is Cc1ccc(-c2cn[nH]c2[C@H]2CCCN(C(=O)COC(C)C)C2)cc1. The summed E-state index contributed by atoms with van der Waals surface area (Å²) in [5.41, 5.74) is 4.68. The smallest absolute Gasteiger partial charge is 0.248 e. The van der Waals surface area contributed by atoms with Crippen molar-refractivity contribution in [1.29, 1.82) is 0 Å². The van der Waals surface area contributed by atoms with E-state index in [9.17, 15) is 4.79 Å². The zero-order chi connectivity index (χ0) is 17.8. The van der Waals surface area contributed by atoms with Gasteiger partial charge in [0.2, 0.25) is 5.91 Å². The van der Waals surface area contributed by atoms with Crippen LogP contribution in [0.4, 0.5) is 0 Å². The Morgan fingerprint density at radius 3 is 2.84 bits per heavy atom. The third-order valence-corrected chi connectivity index (χ3v) is 4.75. The fourth-order valence-electron chi connectivity index (χ4n) is 3.34. The molecule has 0 spiro atoms. The van der Waals surface area contributed by atoms with Crippen LogP contribution >= 0.6 is 0 Å². The van der Waals surface area contributed by atoms with Crippen LogP contribution in [0.5, 0.6) is 0 Å². The summed E-state index contributed by atoms with van der Waals surface area (Å²) in [6, 6.07) is 8.50. The van der Waals surface area contributed by atoms with E-state index in [4.69, 9.17) is 4.74 Å². The van der Waals surface area contributed by atoms with Crippen LogP contribution in [0.1, 0.15) is 43.9 Å². The summed E-state index contributed by atoms with van der Waals surface area (Å²) in [5, 5.41) is 7.45. The lowest BCUT2D eigenvalue weighted by molar-refractivity contribution is -0.138. The van der Waals surface area contributed by atoms with Gasteiger partial charge in [0.05, 0.1) is 12.3 Å². The zero-order valence-corrected chi connectivity index (χ0v) is 15.3. The van der Waals surface area contributed by atoms with Gasteiger partial charge in [-0.25, -0.2) is 0 Å². The molecule has 0 aliphatic carbocycles. The van der Waals surface area contributed by atoms with Gasteiger partial charge in [0.25, 0.3) is 0 Å². The number of aromatic amines is 1. The number of benzene rings is 1. The molecule has 0 saturated carbocycles. The highest BCUT2D eigenvalue weighted by atomic mass is 16.5. The second kappa shape index (κ2) is 7.83. The summed E-state index contributed by atoms with van der Waals surface area (Å²) in [6.45, 7) is 7.68. The maximum absolute atomic E-state index is 12.4. The number of hydrogen-bond acceptors (Lipinski definition) is 3. The molecule has 1 amide bonds. The molecular formula is C20H27N3O2. The molecular weight excluding hydrogens is 314 g/mol. The van der Waals surface area contributed by atoms with Crippen molar-refractivity contribution in [1.82, 2.24) is 15.1 Å². The van der Waals surface area contributed by atoms with Crippen LogP contribution in [0.2, 0.25) is 0 Å². The van der Waals surface area contributed by atoms with Crippen LogP contribution < -0.4 is 0 Å². The van der Waals surface area contributed by atoms with E-state index in [0.29, 0.717) is 0 Å². The van der Waals surface area contributed by atoms with Crippen molar-refractivity contribution in [2.45, 2.75) is 45.6 Å². The number of nitrogens with zero attached hydrogens (tertiary/aromatic N) is 2. The molecule has 1 fully saturated rings. The van der Waals surface area contributed by atoms with Crippen molar-refractivity contribution >= 4 is 5.91 Å². The highest BCUT2D eigenvalue weighted by Gasteiger charge is 2.27. The van der Waals surface area contributed by atoms with Crippen molar-refractivity contribution < 1.29 is 9.53 Å². The average molecular weight is 341 g/mol. The lowest BCUT2D eigenvalue weighted by atomic mass is 9.90. The number of hydrogen-bond donors (Lipinski definition) is 1. The number of aryl methyl sites for hydroxylation is 1. The number of piperidine rings is 1. The molecule has 0 unspecified atom stereocenters. The summed E-state index contributed by atoms with van der Waals surface area (Å²) in [4.78, 5) is 14.3. The highest BCUT2D eigenvalue weighted by molar-refractivity contribution is 5.77. The Labute approximate surface area is 149 Å². The molecule has 2 aromatic rings. The molecule has 1 atom stereocenters. The van der Waals surface area contributed by atoms with E-state index in [-0.39, 0.29) is 24.5 Å². The fraction of sp³-hybridized carbons (Fsp3) is 0.500. The number of nitrogens with one attached hydrogen (secondary N) is 1. The van der Waals surface area contributed by atoms with Crippen molar-refractivity contribution in [3.63, 3.8) is 0 Å². The molecule has 1 aromatic heterocycles. The number of aromatic nitrogens is 2. The van der Waals surface area contributed by atoms with Gasteiger partial charge in [-0.1, -0.05) is 29.8 Å². The van der Waals surface area contributed by atoms with E-state index in [1.807, 2.05) is 24.9 Å². The van der Waals surface area contributed by atoms with E-state index in [2.05, 4.69) is 41.4 Å². The molecule has 1 aromatic carbocycles. The molecule has 5 nitrogen and oxygen atoms in total. The minimum absolute atomic E-state index is 0.0743. The molecule has 25 heavy (non-hydrogen) atoms. The van der Waals surface area contributed by atoms with Crippen LogP contribution in [0, 0.1) is 6.92 Å². The van der Waals surface area contributed by atoms with Gasteiger partial charge in [0.1, 0.15) is 6.61 Å². The van der Waals surface area contributed by atoms with Crippen molar-refractivity contribution in [2.24, 2.45) is 0 Å². The van der Waals surface area contributed by atoms with Crippen LogP contribution in [0.25, 0.3) is 11.1 Å². The second-order valence-electron chi connectivity index (χ2n) is 7.10. The summed E-state index contributed by atoms with van der Waals surface area (Å²) in [5.74, 6) is 0.366. The van der Waals surface area contributed by atoms with Crippen molar-refractivity contribution in [3.8, 4) is 11.1 Å². The molecule has 2 heterocycles. The first-order valence-corrected chi connectivity index (χ1v) is 9.04. The number of carbonyl (C=O) groups excluding carboxylic acids is 1. The molecule has 1 aliphatic rings. The number of H-pyrrole nitrogens is 1. The fourth-order valence-corrected chi connectivity index (χ4v) is 3.34. The predicted molar refractivity (Wildman–Crippen MR) is 98.4 cm³/mol. The van der Waals surface area contributed by atoms with E-state index in [0.717, 1.165) is 37.2 Å². The maximum atomic E-state index is 12.4. The standard InChI is InChI=1S/C20H27N3O2/c1-14(2)25-13-19(24)23-10-4-5-17(12-23)20-18(11-21-22-20)16-8-6-15(3)7-9-16/h6-9,11,14,17H,4-5,10,12-13H2,1-3H3,(H,21,22)/t17-/m0/s1. The predicted octanol–water partition coefficient (Wildman–Crippen LogP) is 3.52. The maximum Gasteiger partial charge on any atom is 0.248 e. The molecule has 1 aliphatic heterocycles. The second-order valence-corrected chi connectivity index (χ2v) is 7.10. The van der Waals surface area contributed by atoms with Gasteiger partial charge < -0.3 is 9.64 Å². The Morgan fingerprint density at radius 1 is 1.36 bits per heavy atom. The minimum atomic E-state index is 0.0743. The lowest BCUT2D eigenvalue weighted by Gasteiger charge is -2.33. The summed E-state index contributed by atoms with van der Waals surface area (Å²) in [7, 11) is 0. The van der Waals surface area contributed by atoms with Crippen LogP contribution in [-0.2, 0) is 9.53 Å². The lowest BCUT2D eigenvalue weighted by Crippen LogP contribution is -2.41. The molecule has 1 saturated heterocycles. The molecule has 0 bridgehead atoms. The summed E-state index contributed by atoms with van der Waals surface area (Å²) >= 11 is 0. The number of likely N-dealkylation sites (tertiary alicyclic amines) is 1. The molecule has 1 N–H and O–H groups in total. The number of ether oxygens (including phenoxy) is 1. The number of rotatable bonds is 5. The number of amides is 1. The third kappa shape index (κ3) is 4.28. The van der Waals surface area contributed by atoms with Gasteiger partial charge in [-0.15, -0.1) is 0 Å². The Bertz CT molecular complexity index is 706. The monoisotopic (exact) mass is 341 g/mol. The van der Waals surface area contributed by atoms with E-state index < -0.39 is 0 Å². The van der Waals surface area contributed by atoms with Gasteiger partial charge in [-0.05, 0) is 39.2 Å². The van der Waals surface area contributed by atoms with Crippen LogP contribution in [0.15, 0.2) is 30.5 Å². The largest absolute Gasteiger partial charge is 0.369 e. The molecule has 0 radical (unpaired) electrons. The molecule has 5 heteroatoms. The van der Waals surface area contributed by atoms with E-state index in [1.54, 1.807) is 0 Å². The minimum Gasteiger partial charge on any atom is -0.369 e. The Hall–Kier alpha value is -2.14. The van der Waals surface area contributed by atoms with Crippen molar-refractivity contribution in [3.05, 3.63) is 41.7 Å². The van der Waals surface area contributed by atoms with Crippen LogP contribution in [0.3, 0.4) is 0 Å². The Morgan fingerprint density at radius 2 is 2.12 bits per heavy atom. The topological polar surface area (TPSA) is 58.2 Å². The Balaban J connectivity index is 1.73. The number of carbonyl (C=O) groups is 1. The summed E-state index contributed by atoms with van der Waals surface area (Å²) < 4.78 is 5.48. The highest BCUT2D eigenvalue weighted by Crippen LogP contribution is 2.33. The van der Waals surface area contributed by atoms with Gasteiger partial charge in [-0.3, -0.25) is 9.89 Å². The average Bonchev–Trinajstić information content (AvgIpc) is 3.10.